The van der Waals surface area contributed by atoms with E-state index in [1.165, 1.54) is 7.11 Å². The van der Waals surface area contributed by atoms with Crippen LogP contribution in [-0.4, -0.2) is 47.0 Å². The van der Waals surface area contributed by atoms with Crippen molar-refractivity contribution in [1.29, 1.82) is 0 Å². The van der Waals surface area contributed by atoms with Crippen LogP contribution in [0.1, 0.15) is 23.7 Å². The van der Waals surface area contributed by atoms with Gasteiger partial charge in [-0.05, 0) is 18.6 Å². The van der Waals surface area contributed by atoms with Gasteiger partial charge in [-0.1, -0.05) is 6.92 Å². The summed E-state index contributed by atoms with van der Waals surface area (Å²) in [6.07, 6.45) is 0.565. The Morgan fingerprint density at radius 3 is 2.62 bits per heavy atom. The lowest BCUT2D eigenvalue weighted by Gasteiger charge is -2.20. The molecule has 1 amide bonds. The van der Waals surface area contributed by atoms with Gasteiger partial charge in [-0.25, -0.2) is 0 Å². The topological polar surface area (TPSA) is 110 Å². The summed E-state index contributed by atoms with van der Waals surface area (Å²) in [5.41, 5.74) is -0.693. The van der Waals surface area contributed by atoms with Crippen LogP contribution in [0, 0.1) is 10.1 Å². The van der Waals surface area contributed by atoms with Gasteiger partial charge in [0, 0.05) is 12.6 Å². The molecule has 0 unspecified atom stereocenters. The molecule has 0 radical (unpaired) electrons. The molecular weight excluding hydrogens is 280 g/mol. The molecule has 0 fully saturated rings. The van der Waals surface area contributed by atoms with Gasteiger partial charge in [-0.15, -0.1) is 0 Å². The summed E-state index contributed by atoms with van der Waals surface area (Å²) in [4.78, 5) is 35.1. The number of carbonyl (C=O) groups is 2. The van der Waals surface area contributed by atoms with Crippen molar-refractivity contribution in [2.45, 2.75) is 13.3 Å². The molecule has 1 aromatic rings. The molecule has 8 nitrogen and oxygen atoms in total. The minimum Gasteiger partial charge on any atom is -0.508 e. The fourth-order valence-electron chi connectivity index (χ4n) is 1.77. The third-order valence-electron chi connectivity index (χ3n) is 2.74. The van der Waals surface area contributed by atoms with E-state index in [2.05, 4.69) is 4.74 Å². The highest BCUT2D eigenvalue weighted by Gasteiger charge is 2.26. The Hall–Kier alpha value is -2.64. The number of rotatable bonds is 6. The van der Waals surface area contributed by atoms with E-state index >= 15 is 0 Å². The van der Waals surface area contributed by atoms with Gasteiger partial charge in [-0.2, -0.15) is 0 Å². The van der Waals surface area contributed by atoms with Crippen molar-refractivity contribution in [1.82, 2.24) is 4.90 Å². The maximum atomic E-state index is 12.4. The summed E-state index contributed by atoms with van der Waals surface area (Å²) < 4.78 is 4.50. The predicted molar refractivity (Wildman–Crippen MR) is 73.0 cm³/mol. The first-order valence-corrected chi connectivity index (χ1v) is 6.24. The Kier molecular flexibility index (Phi) is 5.65. The van der Waals surface area contributed by atoms with Crippen molar-refractivity contribution in [2.24, 2.45) is 0 Å². The van der Waals surface area contributed by atoms with Crippen LogP contribution in [0.4, 0.5) is 5.69 Å². The Morgan fingerprint density at radius 1 is 1.43 bits per heavy atom. The average molecular weight is 296 g/mol. The quantitative estimate of drug-likeness (QED) is 0.481. The molecule has 0 bridgehead atoms. The third-order valence-corrected chi connectivity index (χ3v) is 2.74. The molecule has 1 rings (SSSR count). The number of nitro groups is 1. The Balaban J connectivity index is 3.16. The van der Waals surface area contributed by atoms with Crippen molar-refractivity contribution in [3.8, 4) is 5.75 Å². The first-order valence-electron chi connectivity index (χ1n) is 6.24. The molecule has 0 aliphatic heterocycles. The number of hydrogen-bond acceptors (Lipinski definition) is 6. The number of methoxy groups -OCH3 is 1. The van der Waals surface area contributed by atoms with E-state index in [-0.39, 0.29) is 24.4 Å². The number of nitrogens with zero attached hydrogens (tertiary/aromatic N) is 2. The zero-order chi connectivity index (χ0) is 16.0. The summed E-state index contributed by atoms with van der Waals surface area (Å²) in [5.74, 6) is -1.59. The monoisotopic (exact) mass is 296 g/mol. The Morgan fingerprint density at radius 2 is 2.10 bits per heavy atom. The molecule has 0 aromatic heterocycles. The van der Waals surface area contributed by atoms with E-state index in [0.29, 0.717) is 6.42 Å². The zero-order valence-corrected chi connectivity index (χ0v) is 11.7. The van der Waals surface area contributed by atoms with Gasteiger partial charge in [0.25, 0.3) is 11.6 Å². The number of phenols is 1. The maximum Gasteiger partial charge on any atom is 0.325 e. The van der Waals surface area contributed by atoms with E-state index in [4.69, 9.17) is 0 Å². The van der Waals surface area contributed by atoms with E-state index < -0.39 is 22.5 Å². The van der Waals surface area contributed by atoms with Crippen LogP contribution in [0.15, 0.2) is 18.2 Å². The Labute approximate surface area is 121 Å². The van der Waals surface area contributed by atoms with Gasteiger partial charge in [-0.3, -0.25) is 19.7 Å². The van der Waals surface area contributed by atoms with Crippen molar-refractivity contribution >= 4 is 17.6 Å². The van der Waals surface area contributed by atoms with Gasteiger partial charge >= 0.3 is 5.97 Å². The van der Waals surface area contributed by atoms with E-state index in [1.807, 2.05) is 0 Å². The number of amides is 1. The molecule has 0 saturated carbocycles. The highest BCUT2D eigenvalue weighted by atomic mass is 16.6. The van der Waals surface area contributed by atoms with Crippen LogP contribution in [0.5, 0.6) is 5.75 Å². The molecule has 0 heterocycles. The van der Waals surface area contributed by atoms with Crippen LogP contribution in [0.2, 0.25) is 0 Å². The fraction of sp³-hybridized carbons (Fsp3) is 0.385. The summed E-state index contributed by atoms with van der Waals surface area (Å²) in [7, 11) is 1.19. The number of hydrogen-bond donors (Lipinski definition) is 1. The van der Waals surface area contributed by atoms with Crippen LogP contribution >= 0.6 is 0 Å². The van der Waals surface area contributed by atoms with Gasteiger partial charge < -0.3 is 14.7 Å². The molecule has 0 aliphatic carbocycles. The molecule has 21 heavy (non-hydrogen) atoms. The smallest absolute Gasteiger partial charge is 0.325 e. The molecule has 1 N–H and O–H groups in total. The van der Waals surface area contributed by atoms with Gasteiger partial charge in [0.05, 0.1) is 12.0 Å². The van der Waals surface area contributed by atoms with Crippen LogP contribution in [-0.2, 0) is 9.53 Å². The number of benzene rings is 1. The minimum absolute atomic E-state index is 0.237. The number of phenolic OH excluding ortho intramolecular Hbond substituents is 1. The van der Waals surface area contributed by atoms with Crippen LogP contribution < -0.4 is 0 Å². The van der Waals surface area contributed by atoms with Crippen LogP contribution in [0.25, 0.3) is 0 Å². The summed E-state index contributed by atoms with van der Waals surface area (Å²) in [6, 6.07) is 3.19. The molecule has 0 aliphatic rings. The second-order valence-electron chi connectivity index (χ2n) is 4.26. The number of carbonyl (C=O) groups excluding carboxylic acids is 2. The number of ether oxygens (including phenoxy) is 1. The highest BCUT2D eigenvalue weighted by molar-refractivity contribution is 5.99. The molecule has 0 spiro atoms. The zero-order valence-electron chi connectivity index (χ0n) is 11.7. The lowest BCUT2D eigenvalue weighted by atomic mass is 10.1. The summed E-state index contributed by atoms with van der Waals surface area (Å²) in [6.45, 7) is 1.73. The maximum absolute atomic E-state index is 12.4. The van der Waals surface area contributed by atoms with E-state index in [9.17, 15) is 24.8 Å². The van der Waals surface area contributed by atoms with E-state index in [1.54, 1.807) is 6.92 Å². The normalized spacial score (nSPS) is 10.0. The molecule has 1 aromatic carbocycles. The lowest BCUT2D eigenvalue weighted by Crippen LogP contribution is -2.37. The largest absolute Gasteiger partial charge is 0.508 e. The van der Waals surface area contributed by atoms with Crippen molar-refractivity contribution in [2.75, 3.05) is 20.2 Å². The Bertz CT molecular complexity index is 558. The van der Waals surface area contributed by atoms with Crippen LogP contribution in [0.3, 0.4) is 0 Å². The number of nitro benzene ring substituents is 1. The van der Waals surface area contributed by atoms with E-state index in [0.717, 1.165) is 23.1 Å². The molecule has 8 heteroatoms. The van der Waals surface area contributed by atoms with Gasteiger partial charge in [0.1, 0.15) is 17.9 Å². The predicted octanol–water partition coefficient (Wildman–Crippen LogP) is 1.33. The highest BCUT2D eigenvalue weighted by Crippen LogP contribution is 2.24. The molecular formula is C13H16N2O6. The molecule has 0 saturated heterocycles. The van der Waals surface area contributed by atoms with Crippen molar-refractivity contribution in [3.05, 3.63) is 33.9 Å². The standard InChI is InChI=1S/C13H16N2O6/c1-3-6-14(8-12(17)21-2)13(18)10-7-9(16)4-5-11(10)15(19)20/h4-5,7,16H,3,6,8H2,1-2H3. The van der Waals surface area contributed by atoms with Crippen molar-refractivity contribution in [3.63, 3.8) is 0 Å². The SMILES string of the molecule is CCCN(CC(=O)OC)C(=O)c1cc(O)ccc1[N+](=O)[O-]. The summed E-state index contributed by atoms with van der Waals surface area (Å²) in [5, 5.41) is 20.4. The average Bonchev–Trinajstić information content (AvgIpc) is 2.45. The summed E-state index contributed by atoms with van der Waals surface area (Å²) >= 11 is 0. The first kappa shape index (κ1) is 16.4. The second kappa shape index (κ2) is 7.22. The lowest BCUT2D eigenvalue weighted by molar-refractivity contribution is -0.385. The van der Waals surface area contributed by atoms with Gasteiger partial charge in [0.15, 0.2) is 0 Å². The second-order valence-corrected chi connectivity index (χ2v) is 4.26. The number of esters is 1. The number of aromatic hydroxyl groups is 1. The minimum atomic E-state index is -0.713. The molecule has 0 atom stereocenters. The fourth-order valence-corrected chi connectivity index (χ4v) is 1.77. The third kappa shape index (κ3) is 4.16. The molecule has 114 valence electrons. The van der Waals surface area contributed by atoms with Crippen molar-refractivity contribution < 1.29 is 24.4 Å². The first-order chi connectivity index (χ1) is 9.90. The van der Waals surface area contributed by atoms with Gasteiger partial charge in [0.2, 0.25) is 0 Å².